The molecule has 0 fully saturated rings. The summed E-state index contributed by atoms with van der Waals surface area (Å²) in [4.78, 5) is 25.1. The molecule has 0 radical (unpaired) electrons. The maximum atomic E-state index is 12.9. The third kappa shape index (κ3) is 9.52. The molecule has 0 heterocycles. The molecule has 2 aromatic rings. The van der Waals surface area contributed by atoms with Gasteiger partial charge in [0.05, 0.1) is 12.2 Å². The summed E-state index contributed by atoms with van der Waals surface area (Å²) in [7, 11) is 0. The maximum Gasteiger partial charge on any atom is 0.261 e. The smallest absolute Gasteiger partial charge is 0.261 e. The first kappa shape index (κ1) is 26.8. The van der Waals surface area contributed by atoms with Crippen LogP contribution in [0.1, 0.15) is 73.1 Å². The number of benzene rings is 2. The number of halogens is 1. The molecule has 0 aliphatic heterocycles. The van der Waals surface area contributed by atoms with Crippen molar-refractivity contribution in [2.75, 3.05) is 18.5 Å². The van der Waals surface area contributed by atoms with Gasteiger partial charge in [0.2, 0.25) is 0 Å². The Labute approximate surface area is 210 Å². The lowest BCUT2D eigenvalue weighted by molar-refractivity contribution is 0.0950. The molecular weight excluding hydrogens is 502 g/mol. The normalized spacial score (nSPS) is 10.4. The molecule has 0 bridgehead atoms. The van der Waals surface area contributed by atoms with Crippen molar-refractivity contribution in [3.8, 4) is 5.75 Å². The Morgan fingerprint density at radius 2 is 1.76 bits per heavy atom. The first-order chi connectivity index (χ1) is 15.9. The van der Waals surface area contributed by atoms with Gasteiger partial charge in [-0.05, 0) is 61.5 Å². The Morgan fingerprint density at radius 3 is 2.52 bits per heavy atom. The van der Waals surface area contributed by atoms with Crippen molar-refractivity contribution in [1.29, 1.82) is 0 Å². The Balaban J connectivity index is 1.98. The largest absolute Gasteiger partial charge is 0.493 e. The van der Waals surface area contributed by atoms with E-state index in [1.807, 2.05) is 6.07 Å². The van der Waals surface area contributed by atoms with Crippen molar-refractivity contribution in [2.45, 2.75) is 52.4 Å². The van der Waals surface area contributed by atoms with Gasteiger partial charge in [-0.2, -0.15) is 0 Å². The van der Waals surface area contributed by atoms with E-state index in [9.17, 15) is 9.59 Å². The molecule has 0 aromatic heterocycles. The van der Waals surface area contributed by atoms with Crippen LogP contribution in [0.5, 0.6) is 5.75 Å². The predicted molar refractivity (Wildman–Crippen MR) is 141 cm³/mol. The van der Waals surface area contributed by atoms with Crippen molar-refractivity contribution in [2.24, 2.45) is 0 Å². The van der Waals surface area contributed by atoms with Crippen LogP contribution in [0.15, 0.2) is 46.9 Å². The van der Waals surface area contributed by atoms with Crippen LogP contribution in [0.3, 0.4) is 0 Å². The number of ether oxygens (including phenoxy) is 1. The van der Waals surface area contributed by atoms with Crippen LogP contribution >= 0.6 is 28.1 Å². The molecular formula is C25H32BrN3O3S. The first-order valence-corrected chi connectivity index (χ1v) is 12.6. The van der Waals surface area contributed by atoms with Gasteiger partial charge in [0.1, 0.15) is 5.75 Å². The van der Waals surface area contributed by atoms with Gasteiger partial charge in [0, 0.05) is 22.3 Å². The average molecular weight is 535 g/mol. The first-order valence-electron chi connectivity index (χ1n) is 11.4. The molecule has 8 heteroatoms. The highest BCUT2D eigenvalue weighted by molar-refractivity contribution is 9.10. The SMILES string of the molecule is CCCCCCOc1ccc(Br)cc1C(=O)NC(=S)Nc1cccc(C(=O)NCCCC)c1. The predicted octanol–water partition coefficient (Wildman–Crippen LogP) is 6.06. The summed E-state index contributed by atoms with van der Waals surface area (Å²) in [6.07, 6.45) is 6.30. The molecule has 0 saturated carbocycles. The van der Waals surface area contributed by atoms with E-state index >= 15 is 0 Å². The zero-order chi connectivity index (χ0) is 24.1. The van der Waals surface area contributed by atoms with Gasteiger partial charge in [0.15, 0.2) is 5.11 Å². The number of hydrogen-bond acceptors (Lipinski definition) is 4. The van der Waals surface area contributed by atoms with Crippen molar-refractivity contribution < 1.29 is 14.3 Å². The van der Waals surface area contributed by atoms with Gasteiger partial charge in [-0.3, -0.25) is 14.9 Å². The molecule has 2 amide bonds. The van der Waals surface area contributed by atoms with E-state index in [0.717, 1.165) is 36.6 Å². The molecule has 2 rings (SSSR count). The maximum absolute atomic E-state index is 12.9. The van der Waals surface area contributed by atoms with Gasteiger partial charge >= 0.3 is 0 Å². The fraction of sp³-hybridized carbons (Fsp3) is 0.400. The van der Waals surface area contributed by atoms with E-state index in [0.29, 0.717) is 35.7 Å². The van der Waals surface area contributed by atoms with Crippen LogP contribution in [0, 0.1) is 0 Å². The summed E-state index contributed by atoms with van der Waals surface area (Å²) in [5, 5.41) is 8.69. The zero-order valence-electron chi connectivity index (χ0n) is 19.2. The zero-order valence-corrected chi connectivity index (χ0v) is 21.6. The molecule has 6 nitrogen and oxygen atoms in total. The lowest BCUT2D eigenvalue weighted by Crippen LogP contribution is -2.34. The molecule has 0 atom stereocenters. The molecule has 3 N–H and O–H groups in total. The van der Waals surface area contributed by atoms with Gasteiger partial charge in [-0.1, -0.05) is 61.5 Å². The second-order valence-electron chi connectivity index (χ2n) is 7.65. The third-order valence-corrected chi connectivity index (χ3v) is 5.56. The van der Waals surface area contributed by atoms with Crippen molar-refractivity contribution >= 4 is 50.8 Å². The monoisotopic (exact) mass is 533 g/mol. The summed E-state index contributed by atoms with van der Waals surface area (Å²) in [6.45, 7) is 5.42. The van der Waals surface area contributed by atoms with Crippen LogP contribution in [-0.4, -0.2) is 30.1 Å². The summed E-state index contributed by atoms with van der Waals surface area (Å²) in [5.41, 5.74) is 1.54. The lowest BCUT2D eigenvalue weighted by Gasteiger charge is -2.14. The fourth-order valence-electron chi connectivity index (χ4n) is 3.07. The van der Waals surface area contributed by atoms with Crippen molar-refractivity contribution in [1.82, 2.24) is 10.6 Å². The standard InChI is InChI=1S/C25H32BrN3O3S/c1-3-5-7-8-15-32-22-13-12-19(26)17-21(22)24(31)29-25(33)28-20-11-9-10-18(16-20)23(30)27-14-6-4-2/h9-13,16-17H,3-8,14-15H2,1-2H3,(H,27,30)(H2,28,29,31,33). The Hall–Kier alpha value is -2.45. The minimum atomic E-state index is -0.370. The van der Waals surface area contributed by atoms with Crippen molar-refractivity contribution in [3.05, 3.63) is 58.1 Å². The van der Waals surface area contributed by atoms with E-state index in [1.54, 1.807) is 36.4 Å². The highest BCUT2D eigenvalue weighted by Crippen LogP contribution is 2.24. The second-order valence-corrected chi connectivity index (χ2v) is 8.97. The van der Waals surface area contributed by atoms with E-state index in [2.05, 4.69) is 45.7 Å². The van der Waals surface area contributed by atoms with Crippen molar-refractivity contribution in [3.63, 3.8) is 0 Å². The van der Waals surface area contributed by atoms with Gasteiger partial charge in [0.25, 0.3) is 11.8 Å². The van der Waals surface area contributed by atoms with Gasteiger partial charge < -0.3 is 15.4 Å². The molecule has 0 saturated heterocycles. The van der Waals surface area contributed by atoms with Gasteiger partial charge in [-0.25, -0.2) is 0 Å². The number of amides is 2. The number of unbranched alkanes of at least 4 members (excludes halogenated alkanes) is 4. The summed E-state index contributed by atoms with van der Waals surface area (Å²) in [6, 6.07) is 12.3. The summed E-state index contributed by atoms with van der Waals surface area (Å²) in [5.74, 6) is 0.00323. The van der Waals surface area contributed by atoms with Crippen LogP contribution in [0.4, 0.5) is 5.69 Å². The minimum Gasteiger partial charge on any atom is -0.493 e. The Bertz CT molecular complexity index is 952. The second kappa shape index (κ2) is 14.6. The number of nitrogens with one attached hydrogen (secondary N) is 3. The van der Waals surface area contributed by atoms with E-state index in [4.69, 9.17) is 17.0 Å². The highest BCUT2D eigenvalue weighted by atomic mass is 79.9. The molecule has 33 heavy (non-hydrogen) atoms. The van der Waals surface area contributed by atoms with Crippen LogP contribution in [0.2, 0.25) is 0 Å². The number of hydrogen-bond donors (Lipinski definition) is 3. The number of carbonyl (C=O) groups excluding carboxylic acids is 2. The molecule has 178 valence electrons. The quantitative estimate of drug-likeness (QED) is 0.228. The van der Waals surface area contributed by atoms with E-state index in [1.165, 1.54) is 6.42 Å². The van der Waals surface area contributed by atoms with Crippen LogP contribution in [0.25, 0.3) is 0 Å². The third-order valence-electron chi connectivity index (χ3n) is 4.87. The number of thiocarbonyl (C=S) groups is 1. The fourth-order valence-corrected chi connectivity index (χ4v) is 3.64. The number of anilines is 1. The molecule has 0 aliphatic rings. The molecule has 0 spiro atoms. The lowest BCUT2D eigenvalue weighted by atomic mass is 10.2. The molecule has 0 aliphatic carbocycles. The van der Waals surface area contributed by atoms with Gasteiger partial charge in [-0.15, -0.1) is 0 Å². The number of carbonyl (C=O) groups is 2. The Kier molecular flexibility index (Phi) is 11.9. The van der Waals surface area contributed by atoms with E-state index in [-0.39, 0.29) is 16.9 Å². The highest BCUT2D eigenvalue weighted by Gasteiger charge is 2.15. The topological polar surface area (TPSA) is 79.5 Å². The Morgan fingerprint density at radius 1 is 0.970 bits per heavy atom. The van der Waals surface area contributed by atoms with Crippen LogP contribution in [-0.2, 0) is 0 Å². The molecule has 2 aromatic carbocycles. The number of rotatable bonds is 12. The summed E-state index contributed by atoms with van der Waals surface area (Å²) >= 11 is 8.73. The average Bonchev–Trinajstić information content (AvgIpc) is 2.79. The van der Waals surface area contributed by atoms with E-state index < -0.39 is 0 Å². The molecule has 0 unspecified atom stereocenters. The minimum absolute atomic E-state index is 0.136. The summed E-state index contributed by atoms with van der Waals surface area (Å²) < 4.78 is 6.62. The van der Waals surface area contributed by atoms with Crippen LogP contribution < -0.4 is 20.7 Å².